The third-order valence-electron chi connectivity index (χ3n) is 6.65. The van der Waals surface area contributed by atoms with E-state index in [0.29, 0.717) is 29.8 Å². The van der Waals surface area contributed by atoms with E-state index in [1.807, 2.05) is 20.8 Å². The molecule has 240 valence electrons. The minimum Gasteiger partial charge on any atom is -0.462 e. The van der Waals surface area contributed by atoms with Gasteiger partial charge in [0.1, 0.15) is 17.5 Å². The minimum atomic E-state index is -4.93. The number of halogens is 3. The van der Waals surface area contributed by atoms with Crippen LogP contribution in [0, 0.1) is 18.3 Å². The molecule has 0 radical (unpaired) electrons. The fourth-order valence-electron chi connectivity index (χ4n) is 4.42. The number of amides is 3. The second kappa shape index (κ2) is 13.9. The molecule has 0 spiro atoms. The number of rotatable bonds is 11. The van der Waals surface area contributed by atoms with Gasteiger partial charge in [-0.2, -0.15) is 13.2 Å². The van der Waals surface area contributed by atoms with Gasteiger partial charge in [0.25, 0.3) is 11.5 Å². The maximum atomic E-state index is 13.9. The van der Waals surface area contributed by atoms with E-state index in [0.717, 1.165) is 6.08 Å². The molecule has 44 heavy (non-hydrogen) atoms. The van der Waals surface area contributed by atoms with Crippen LogP contribution >= 0.6 is 0 Å². The average Bonchev–Trinajstić information content (AvgIpc) is 3.55. The minimum absolute atomic E-state index is 0.0903. The Morgan fingerprint density at radius 2 is 1.93 bits per heavy atom. The van der Waals surface area contributed by atoms with E-state index >= 15 is 0 Å². The molecule has 0 bridgehead atoms. The Kier molecular flexibility index (Phi) is 10.8. The van der Waals surface area contributed by atoms with Crippen LogP contribution in [-0.2, 0) is 25.3 Å². The number of esters is 1. The lowest BCUT2D eigenvalue weighted by atomic mass is 9.97. The van der Waals surface area contributed by atoms with Crippen molar-refractivity contribution in [1.29, 1.82) is 0 Å². The van der Waals surface area contributed by atoms with Crippen LogP contribution in [0.15, 0.2) is 39.8 Å². The smallest absolute Gasteiger partial charge is 0.417 e. The fraction of sp³-hybridized carbons (Fsp3) is 0.517. The van der Waals surface area contributed by atoms with Crippen LogP contribution in [0.3, 0.4) is 0 Å². The number of carbonyl (C=O) groups excluding carboxylic acids is 4. The Labute approximate surface area is 251 Å². The molecule has 0 saturated carbocycles. The predicted octanol–water partition coefficient (Wildman–Crippen LogP) is 3.52. The first kappa shape index (κ1) is 34.1. The normalized spacial score (nSPS) is 16.8. The predicted molar refractivity (Wildman–Crippen MR) is 151 cm³/mol. The molecule has 0 aromatic carbocycles. The van der Waals surface area contributed by atoms with E-state index in [1.54, 1.807) is 0 Å². The van der Waals surface area contributed by atoms with Crippen molar-refractivity contribution in [2.24, 2.45) is 11.3 Å². The molecule has 3 rings (SSSR count). The highest BCUT2D eigenvalue weighted by atomic mass is 19.4. The number of carbonyl (C=O) groups is 4. The second-order valence-electron chi connectivity index (χ2n) is 11.7. The second-order valence-corrected chi connectivity index (χ2v) is 11.7. The Morgan fingerprint density at radius 3 is 2.48 bits per heavy atom. The molecule has 3 N–H and O–H groups in total. The first-order chi connectivity index (χ1) is 20.5. The van der Waals surface area contributed by atoms with E-state index in [1.165, 1.54) is 26.0 Å². The third kappa shape index (κ3) is 9.28. The molecular weight excluding hydrogens is 587 g/mol. The van der Waals surface area contributed by atoms with Crippen molar-refractivity contribution < 1.29 is 41.6 Å². The van der Waals surface area contributed by atoms with Gasteiger partial charge in [-0.05, 0) is 37.7 Å². The van der Waals surface area contributed by atoms with Gasteiger partial charge in [0, 0.05) is 36.8 Å². The summed E-state index contributed by atoms with van der Waals surface area (Å²) in [4.78, 5) is 63.9. The first-order valence-corrected chi connectivity index (χ1v) is 14.0. The van der Waals surface area contributed by atoms with Gasteiger partial charge in [-0.25, -0.2) is 4.79 Å². The van der Waals surface area contributed by atoms with Crippen molar-refractivity contribution in [1.82, 2.24) is 20.4 Å². The van der Waals surface area contributed by atoms with Crippen molar-refractivity contribution >= 4 is 29.4 Å². The molecule has 0 aliphatic carbocycles. The number of aromatic nitrogens is 2. The monoisotopic (exact) mass is 623 g/mol. The summed E-state index contributed by atoms with van der Waals surface area (Å²) in [6.07, 6.45) is -1.51. The number of alkyl halides is 3. The van der Waals surface area contributed by atoms with Gasteiger partial charge in [-0.3, -0.25) is 19.2 Å². The Balaban J connectivity index is 1.92. The zero-order chi connectivity index (χ0) is 32.8. The summed E-state index contributed by atoms with van der Waals surface area (Å²) >= 11 is 0. The van der Waals surface area contributed by atoms with Crippen LogP contribution in [0.5, 0.6) is 0 Å². The van der Waals surface area contributed by atoms with Gasteiger partial charge in [-0.15, -0.1) is 0 Å². The van der Waals surface area contributed by atoms with E-state index < -0.39 is 58.8 Å². The standard InChI is InChI=1S/C29H36F3N5O7/c1-6-22(26(41)34-19(12-17-9-10-33-24(17)39)7-8-23(38)43-15-28(3,4)5)37-14-18(29(30,31)32)13-21(27(37)42)35-25(40)20-11-16(2)44-36-20/h7-8,11,13-14,17,19,22H,6,9-10,12,15H2,1-5H3,(H,33,39)(H,34,41)(H,35,40)/b8-7+/t17-,19+,22+/m0/s1. The number of hydrogen-bond acceptors (Lipinski definition) is 8. The summed E-state index contributed by atoms with van der Waals surface area (Å²) in [6.45, 7) is 9.18. The topological polar surface area (TPSA) is 162 Å². The Hall–Kier alpha value is -4.43. The molecule has 15 heteroatoms. The van der Waals surface area contributed by atoms with Crippen molar-refractivity contribution in [2.75, 3.05) is 18.5 Å². The van der Waals surface area contributed by atoms with Crippen LogP contribution < -0.4 is 21.5 Å². The molecule has 12 nitrogen and oxygen atoms in total. The third-order valence-corrected chi connectivity index (χ3v) is 6.65. The fourth-order valence-corrected chi connectivity index (χ4v) is 4.42. The number of ether oxygens (including phenoxy) is 1. The van der Waals surface area contributed by atoms with Gasteiger partial charge < -0.3 is 29.8 Å². The van der Waals surface area contributed by atoms with Gasteiger partial charge in [0.05, 0.1) is 12.2 Å². The van der Waals surface area contributed by atoms with E-state index in [9.17, 15) is 37.1 Å². The quantitative estimate of drug-likeness (QED) is 0.253. The summed E-state index contributed by atoms with van der Waals surface area (Å²) in [5.74, 6) is -2.97. The summed E-state index contributed by atoms with van der Waals surface area (Å²) in [6, 6.07) is -0.637. The number of aryl methyl sites for hydroxylation is 1. The zero-order valence-corrected chi connectivity index (χ0v) is 25.0. The van der Waals surface area contributed by atoms with Crippen LogP contribution in [0.2, 0.25) is 0 Å². The number of nitrogens with zero attached hydrogens (tertiary/aromatic N) is 2. The molecule has 0 unspecified atom stereocenters. The lowest BCUT2D eigenvalue weighted by Crippen LogP contribution is -2.43. The molecule has 1 aliphatic rings. The van der Waals surface area contributed by atoms with Gasteiger partial charge in [-0.1, -0.05) is 38.9 Å². The van der Waals surface area contributed by atoms with E-state index in [-0.39, 0.29) is 42.2 Å². The van der Waals surface area contributed by atoms with Crippen LogP contribution in [0.1, 0.15) is 74.8 Å². The highest BCUT2D eigenvalue weighted by Crippen LogP contribution is 2.31. The molecule has 3 heterocycles. The maximum absolute atomic E-state index is 13.9. The van der Waals surface area contributed by atoms with Crippen LogP contribution in [0.4, 0.5) is 18.9 Å². The highest BCUT2D eigenvalue weighted by molar-refractivity contribution is 6.02. The number of pyridine rings is 1. The molecule has 1 aliphatic heterocycles. The summed E-state index contributed by atoms with van der Waals surface area (Å²) in [5, 5.41) is 11.0. The van der Waals surface area contributed by atoms with Crippen LogP contribution in [-0.4, -0.2) is 52.6 Å². The highest BCUT2D eigenvalue weighted by Gasteiger charge is 2.35. The Morgan fingerprint density at radius 1 is 1.23 bits per heavy atom. The van der Waals surface area contributed by atoms with Gasteiger partial charge in [0.2, 0.25) is 11.8 Å². The van der Waals surface area contributed by atoms with Crippen LogP contribution in [0.25, 0.3) is 0 Å². The lowest BCUT2D eigenvalue weighted by molar-refractivity contribution is -0.140. The van der Waals surface area contributed by atoms with Crippen molar-refractivity contribution in [2.45, 2.75) is 72.1 Å². The molecule has 1 saturated heterocycles. The lowest BCUT2D eigenvalue weighted by Gasteiger charge is -2.24. The number of hydrogen-bond donors (Lipinski definition) is 3. The first-order valence-electron chi connectivity index (χ1n) is 14.0. The summed E-state index contributed by atoms with van der Waals surface area (Å²) in [5.41, 5.74) is -3.63. The zero-order valence-electron chi connectivity index (χ0n) is 25.0. The number of nitrogens with one attached hydrogen (secondary N) is 3. The molecule has 2 aromatic rings. The maximum Gasteiger partial charge on any atom is 0.417 e. The van der Waals surface area contributed by atoms with E-state index in [2.05, 4.69) is 21.1 Å². The Bertz CT molecular complexity index is 1470. The van der Waals surface area contributed by atoms with Gasteiger partial charge >= 0.3 is 12.1 Å². The van der Waals surface area contributed by atoms with Crippen molar-refractivity contribution in [3.63, 3.8) is 0 Å². The SMILES string of the molecule is CC[C@H](C(=O)N[C@H](/C=C/C(=O)OCC(C)(C)C)C[C@@H]1CCNC1=O)n1cc(C(F)(F)F)cc(NC(=O)c2cc(C)on2)c1=O. The number of anilines is 1. The summed E-state index contributed by atoms with van der Waals surface area (Å²) in [7, 11) is 0. The van der Waals surface area contributed by atoms with Gasteiger partial charge in [0.15, 0.2) is 5.69 Å². The average molecular weight is 624 g/mol. The summed E-state index contributed by atoms with van der Waals surface area (Å²) < 4.78 is 52.2. The molecule has 1 fully saturated rings. The molecular formula is C29H36F3N5O7. The van der Waals surface area contributed by atoms with Crippen molar-refractivity contribution in [3.05, 3.63) is 57.9 Å². The molecule has 2 aromatic heterocycles. The molecule has 3 amide bonds. The van der Waals surface area contributed by atoms with Crippen molar-refractivity contribution in [3.8, 4) is 0 Å². The largest absolute Gasteiger partial charge is 0.462 e. The van der Waals surface area contributed by atoms with E-state index in [4.69, 9.17) is 9.26 Å². The molecule has 3 atom stereocenters.